The fourth-order valence-electron chi connectivity index (χ4n) is 1.62. The molecule has 2 aromatic carbocycles. The fraction of sp³-hybridized carbons (Fsp3) is 0.0667. The number of anilines is 1. The number of carbonyl (C=O) groups is 1. The van der Waals surface area contributed by atoms with Crippen molar-refractivity contribution in [2.45, 2.75) is 6.42 Å². The zero-order valence-corrected chi connectivity index (χ0v) is 9.52. The van der Waals surface area contributed by atoms with Crippen molar-refractivity contribution < 1.29 is 4.79 Å². The van der Waals surface area contributed by atoms with Crippen molar-refractivity contribution in [3.63, 3.8) is 0 Å². The molecule has 0 fully saturated rings. The number of hydrogen-bond donors (Lipinski definition) is 1. The molecule has 0 aliphatic heterocycles. The van der Waals surface area contributed by atoms with Crippen molar-refractivity contribution in [3.8, 4) is 0 Å². The van der Waals surface area contributed by atoms with Gasteiger partial charge in [0.25, 0.3) is 0 Å². The molecule has 0 spiro atoms. The first-order chi connectivity index (χ1) is 8.25. The van der Waals surface area contributed by atoms with Crippen LogP contribution in [0.1, 0.15) is 11.1 Å². The third kappa shape index (κ3) is 3.18. The number of benzene rings is 2. The molecule has 0 heterocycles. The Morgan fingerprint density at radius 1 is 1.00 bits per heavy atom. The Hall–Kier alpha value is -2.09. The molecular formula is C15H14NO. The number of para-hydroxylation sites is 1. The first-order valence-electron chi connectivity index (χ1n) is 5.50. The smallest absolute Gasteiger partial charge is 0.228 e. The van der Waals surface area contributed by atoms with Crippen molar-refractivity contribution in [1.82, 2.24) is 0 Å². The van der Waals surface area contributed by atoms with Gasteiger partial charge in [-0.3, -0.25) is 4.79 Å². The first-order valence-corrected chi connectivity index (χ1v) is 5.50. The molecule has 2 heteroatoms. The number of nitrogens with one attached hydrogen (secondary N) is 1. The Labute approximate surface area is 101 Å². The lowest BCUT2D eigenvalue weighted by molar-refractivity contribution is -0.115. The normalized spacial score (nSPS) is 9.94. The summed E-state index contributed by atoms with van der Waals surface area (Å²) in [5.41, 5.74) is 2.61. The number of carbonyl (C=O) groups excluding carboxylic acids is 1. The average Bonchev–Trinajstić information content (AvgIpc) is 2.33. The molecule has 0 aromatic heterocycles. The molecule has 0 bridgehead atoms. The summed E-state index contributed by atoms with van der Waals surface area (Å²) in [6.45, 7) is 3.87. The van der Waals surface area contributed by atoms with Gasteiger partial charge in [0.1, 0.15) is 0 Å². The lowest BCUT2D eigenvalue weighted by atomic mass is 10.1. The van der Waals surface area contributed by atoms with Crippen LogP contribution in [0.25, 0.3) is 0 Å². The predicted molar refractivity (Wildman–Crippen MR) is 69.7 cm³/mol. The van der Waals surface area contributed by atoms with E-state index in [0.29, 0.717) is 6.42 Å². The zero-order chi connectivity index (χ0) is 12.1. The highest BCUT2D eigenvalue weighted by Gasteiger charge is 2.04. The predicted octanol–water partition coefficient (Wildman–Crippen LogP) is 3.05. The highest BCUT2D eigenvalue weighted by Crippen LogP contribution is 2.13. The summed E-state index contributed by atoms with van der Waals surface area (Å²) < 4.78 is 0. The van der Waals surface area contributed by atoms with E-state index in [-0.39, 0.29) is 5.91 Å². The lowest BCUT2D eigenvalue weighted by Gasteiger charge is -2.07. The van der Waals surface area contributed by atoms with E-state index in [9.17, 15) is 4.79 Å². The maximum Gasteiger partial charge on any atom is 0.228 e. The lowest BCUT2D eigenvalue weighted by Crippen LogP contribution is -2.14. The van der Waals surface area contributed by atoms with Crippen LogP contribution >= 0.6 is 0 Å². The molecule has 2 nitrogen and oxygen atoms in total. The van der Waals surface area contributed by atoms with E-state index >= 15 is 0 Å². The van der Waals surface area contributed by atoms with E-state index in [1.54, 1.807) is 0 Å². The second kappa shape index (κ2) is 5.30. The van der Waals surface area contributed by atoms with Gasteiger partial charge in [0.05, 0.1) is 6.42 Å². The topological polar surface area (TPSA) is 29.1 Å². The van der Waals surface area contributed by atoms with Gasteiger partial charge in [-0.25, -0.2) is 0 Å². The van der Waals surface area contributed by atoms with E-state index in [0.717, 1.165) is 16.8 Å². The summed E-state index contributed by atoms with van der Waals surface area (Å²) in [7, 11) is 0. The van der Waals surface area contributed by atoms with Crippen molar-refractivity contribution in [2.75, 3.05) is 5.32 Å². The van der Waals surface area contributed by atoms with E-state index < -0.39 is 0 Å². The van der Waals surface area contributed by atoms with Gasteiger partial charge in [0, 0.05) is 5.69 Å². The molecule has 0 aliphatic rings. The second-order valence-corrected chi connectivity index (χ2v) is 3.87. The highest BCUT2D eigenvalue weighted by molar-refractivity contribution is 5.93. The van der Waals surface area contributed by atoms with Crippen LogP contribution in [0.4, 0.5) is 5.69 Å². The molecule has 85 valence electrons. The average molecular weight is 224 g/mol. The van der Waals surface area contributed by atoms with E-state index in [1.165, 1.54) is 0 Å². The van der Waals surface area contributed by atoms with Gasteiger partial charge in [0.15, 0.2) is 0 Å². The Morgan fingerprint density at radius 2 is 1.65 bits per heavy atom. The fourth-order valence-corrected chi connectivity index (χ4v) is 1.62. The summed E-state index contributed by atoms with van der Waals surface area (Å²) in [4.78, 5) is 11.8. The van der Waals surface area contributed by atoms with Gasteiger partial charge in [0.2, 0.25) is 5.91 Å². The van der Waals surface area contributed by atoms with Gasteiger partial charge in [-0.2, -0.15) is 0 Å². The molecule has 0 aliphatic carbocycles. The Bertz CT molecular complexity index is 505. The molecule has 0 saturated heterocycles. The summed E-state index contributed by atoms with van der Waals surface area (Å²) in [6.07, 6.45) is 0.384. The molecule has 1 N–H and O–H groups in total. The highest BCUT2D eigenvalue weighted by atomic mass is 16.1. The minimum Gasteiger partial charge on any atom is -0.326 e. The Morgan fingerprint density at radius 3 is 2.35 bits per heavy atom. The summed E-state index contributed by atoms with van der Waals surface area (Å²) >= 11 is 0. The minimum atomic E-state index is -0.0210. The third-order valence-corrected chi connectivity index (χ3v) is 2.50. The van der Waals surface area contributed by atoms with Crippen LogP contribution in [0.15, 0.2) is 54.6 Å². The maximum absolute atomic E-state index is 11.8. The van der Waals surface area contributed by atoms with Gasteiger partial charge in [-0.05, 0) is 24.1 Å². The maximum atomic E-state index is 11.8. The summed E-state index contributed by atoms with van der Waals surface area (Å²) in [5, 5.41) is 2.86. The van der Waals surface area contributed by atoms with Crippen LogP contribution in [0.2, 0.25) is 0 Å². The summed E-state index contributed by atoms with van der Waals surface area (Å²) in [6, 6.07) is 17.2. The molecule has 2 rings (SSSR count). The molecule has 2 aromatic rings. The van der Waals surface area contributed by atoms with E-state index in [1.807, 2.05) is 54.6 Å². The van der Waals surface area contributed by atoms with Crippen LogP contribution in [0.3, 0.4) is 0 Å². The van der Waals surface area contributed by atoms with Gasteiger partial charge < -0.3 is 5.32 Å². The number of hydrogen-bond acceptors (Lipinski definition) is 1. The SMILES string of the molecule is [CH2]c1ccccc1NC(=O)Cc1ccccc1. The van der Waals surface area contributed by atoms with Gasteiger partial charge >= 0.3 is 0 Å². The molecule has 0 saturated carbocycles. The van der Waals surface area contributed by atoms with E-state index in [2.05, 4.69) is 12.2 Å². The number of rotatable bonds is 3. The molecule has 0 unspecified atom stereocenters. The molecular weight excluding hydrogens is 210 g/mol. The van der Waals surface area contributed by atoms with E-state index in [4.69, 9.17) is 0 Å². The molecule has 0 atom stereocenters. The first kappa shape index (κ1) is 11.4. The standard InChI is InChI=1S/C15H14NO/c1-12-7-5-6-10-14(12)16-15(17)11-13-8-3-2-4-9-13/h2-10H,1,11H2,(H,16,17). The van der Waals surface area contributed by atoms with Crippen LogP contribution in [-0.2, 0) is 11.2 Å². The zero-order valence-electron chi connectivity index (χ0n) is 9.52. The largest absolute Gasteiger partial charge is 0.326 e. The van der Waals surface area contributed by atoms with Crippen LogP contribution < -0.4 is 5.32 Å². The number of amides is 1. The molecule has 1 radical (unpaired) electrons. The minimum absolute atomic E-state index is 0.0210. The quantitative estimate of drug-likeness (QED) is 0.853. The van der Waals surface area contributed by atoms with Gasteiger partial charge in [-0.1, -0.05) is 48.5 Å². The molecule has 17 heavy (non-hydrogen) atoms. The van der Waals surface area contributed by atoms with Gasteiger partial charge in [-0.15, -0.1) is 0 Å². The van der Waals surface area contributed by atoms with Crippen molar-refractivity contribution in [1.29, 1.82) is 0 Å². The van der Waals surface area contributed by atoms with Crippen molar-refractivity contribution in [2.24, 2.45) is 0 Å². The Kier molecular flexibility index (Phi) is 3.55. The second-order valence-electron chi connectivity index (χ2n) is 3.87. The Balaban J connectivity index is 2.01. The third-order valence-electron chi connectivity index (χ3n) is 2.50. The van der Waals surface area contributed by atoms with Crippen LogP contribution in [-0.4, -0.2) is 5.91 Å². The summed E-state index contributed by atoms with van der Waals surface area (Å²) in [5.74, 6) is -0.0210. The van der Waals surface area contributed by atoms with Crippen molar-refractivity contribution >= 4 is 11.6 Å². The van der Waals surface area contributed by atoms with Crippen LogP contribution in [0, 0.1) is 6.92 Å². The van der Waals surface area contributed by atoms with Crippen molar-refractivity contribution in [3.05, 3.63) is 72.6 Å². The van der Waals surface area contributed by atoms with Crippen LogP contribution in [0.5, 0.6) is 0 Å². The molecule has 1 amide bonds. The monoisotopic (exact) mass is 224 g/mol.